The van der Waals surface area contributed by atoms with Crippen molar-refractivity contribution in [3.63, 3.8) is 0 Å². The number of nitro benzene ring substituents is 1. The maximum atomic E-state index is 13.4. The van der Waals surface area contributed by atoms with Crippen LogP contribution in [0, 0.1) is 22.9 Å². The smallest absolute Gasteiger partial charge is 0.273 e. The number of halogens is 1. The third-order valence-corrected chi connectivity index (χ3v) is 3.15. The molecule has 0 saturated heterocycles. The number of anilines is 1. The molecule has 2 aromatic rings. The van der Waals surface area contributed by atoms with Crippen molar-refractivity contribution >= 4 is 11.4 Å². The molecule has 0 heterocycles. The van der Waals surface area contributed by atoms with Crippen LogP contribution in [0.25, 0.3) is 0 Å². The summed E-state index contributed by atoms with van der Waals surface area (Å²) in [6, 6.07) is 9.28. The zero-order valence-electron chi connectivity index (χ0n) is 11.7. The molecule has 0 bridgehead atoms. The normalized spacial score (nSPS) is 10.2. The minimum Gasteiger partial charge on any atom is -0.496 e. The highest BCUT2D eigenvalue weighted by Crippen LogP contribution is 2.24. The van der Waals surface area contributed by atoms with Gasteiger partial charge in [-0.1, -0.05) is 6.07 Å². The summed E-state index contributed by atoms with van der Waals surface area (Å²) >= 11 is 0. The van der Waals surface area contributed by atoms with Crippen LogP contribution in [0.3, 0.4) is 0 Å². The fourth-order valence-electron chi connectivity index (χ4n) is 1.97. The zero-order valence-corrected chi connectivity index (χ0v) is 11.7. The molecule has 2 aromatic carbocycles. The molecule has 0 radical (unpaired) electrons. The monoisotopic (exact) mass is 290 g/mol. The SMILES string of the molecule is COc1cc(CNc2cccc(F)c2C)cc([N+](=O)[O-])c1. The maximum absolute atomic E-state index is 13.4. The lowest BCUT2D eigenvalue weighted by Gasteiger charge is -2.11. The highest BCUT2D eigenvalue weighted by atomic mass is 19.1. The Labute approximate surface area is 121 Å². The molecule has 21 heavy (non-hydrogen) atoms. The van der Waals surface area contributed by atoms with Crippen LogP contribution < -0.4 is 10.1 Å². The summed E-state index contributed by atoms with van der Waals surface area (Å²) in [4.78, 5) is 10.4. The van der Waals surface area contributed by atoms with Crippen molar-refractivity contribution in [1.82, 2.24) is 0 Å². The van der Waals surface area contributed by atoms with Crippen molar-refractivity contribution in [3.8, 4) is 5.75 Å². The fourth-order valence-corrected chi connectivity index (χ4v) is 1.97. The second-order valence-electron chi connectivity index (χ2n) is 4.56. The van der Waals surface area contributed by atoms with Gasteiger partial charge in [0.1, 0.15) is 11.6 Å². The lowest BCUT2D eigenvalue weighted by molar-refractivity contribution is -0.385. The van der Waals surface area contributed by atoms with Crippen LogP contribution in [0.15, 0.2) is 36.4 Å². The molecule has 2 rings (SSSR count). The van der Waals surface area contributed by atoms with E-state index in [0.717, 1.165) is 0 Å². The Bertz CT molecular complexity index is 674. The number of hydrogen-bond acceptors (Lipinski definition) is 4. The molecule has 0 atom stereocenters. The quantitative estimate of drug-likeness (QED) is 0.674. The Morgan fingerprint density at radius 3 is 2.76 bits per heavy atom. The Balaban J connectivity index is 2.21. The van der Waals surface area contributed by atoms with E-state index in [0.29, 0.717) is 29.1 Å². The van der Waals surface area contributed by atoms with Crippen molar-refractivity contribution in [2.45, 2.75) is 13.5 Å². The fraction of sp³-hybridized carbons (Fsp3) is 0.200. The summed E-state index contributed by atoms with van der Waals surface area (Å²) < 4.78 is 18.5. The Morgan fingerprint density at radius 1 is 1.33 bits per heavy atom. The van der Waals surface area contributed by atoms with Crippen LogP contribution in [0.2, 0.25) is 0 Å². The van der Waals surface area contributed by atoms with Gasteiger partial charge >= 0.3 is 0 Å². The van der Waals surface area contributed by atoms with Crippen molar-refractivity contribution in [1.29, 1.82) is 0 Å². The summed E-state index contributed by atoms with van der Waals surface area (Å²) in [5, 5.41) is 13.9. The number of benzene rings is 2. The molecular formula is C15H15FN2O3. The predicted octanol–water partition coefficient (Wildman–Crippen LogP) is 3.66. The van der Waals surface area contributed by atoms with E-state index in [4.69, 9.17) is 4.74 Å². The molecule has 0 aromatic heterocycles. The van der Waals surface area contributed by atoms with Crippen molar-refractivity contribution in [2.24, 2.45) is 0 Å². The van der Waals surface area contributed by atoms with Gasteiger partial charge in [0.25, 0.3) is 5.69 Å². The van der Waals surface area contributed by atoms with E-state index in [2.05, 4.69) is 5.32 Å². The Kier molecular flexibility index (Phi) is 4.37. The summed E-state index contributed by atoms with van der Waals surface area (Å²) in [7, 11) is 1.45. The molecule has 5 nitrogen and oxygen atoms in total. The molecular weight excluding hydrogens is 275 g/mol. The molecule has 0 fully saturated rings. The van der Waals surface area contributed by atoms with Crippen LogP contribution >= 0.6 is 0 Å². The standard InChI is InChI=1S/C15H15FN2O3/c1-10-14(16)4-3-5-15(10)17-9-11-6-12(18(19)20)8-13(7-11)21-2/h3-8,17H,9H2,1-2H3. The summed E-state index contributed by atoms with van der Waals surface area (Å²) in [6.07, 6.45) is 0. The average Bonchev–Trinajstić information content (AvgIpc) is 2.48. The summed E-state index contributed by atoms with van der Waals surface area (Å²) in [6.45, 7) is 2.01. The number of nitrogens with zero attached hydrogens (tertiary/aromatic N) is 1. The van der Waals surface area contributed by atoms with Gasteiger partial charge in [-0.3, -0.25) is 10.1 Å². The summed E-state index contributed by atoms with van der Waals surface area (Å²) in [5.74, 6) is 0.119. The minimum absolute atomic E-state index is 0.0397. The van der Waals surface area contributed by atoms with Crippen LogP contribution in [0.4, 0.5) is 15.8 Å². The Morgan fingerprint density at radius 2 is 2.10 bits per heavy atom. The first kappa shape index (κ1) is 14.8. The van der Waals surface area contributed by atoms with Gasteiger partial charge in [-0.05, 0) is 30.7 Å². The van der Waals surface area contributed by atoms with Gasteiger partial charge in [0, 0.05) is 23.9 Å². The van der Waals surface area contributed by atoms with Crippen molar-refractivity contribution in [2.75, 3.05) is 12.4 Å². The molecule has 0 amide bonds. The topological polar surface area (TPSA) is 64.4 Å². The first-order chi connectivity index (χ1) is 10.0. The number of rotatable bonds is 5. The highest BCUT2D eigenvalue weighted by molar-refractivity contribution is 5.52. The van der Waals surface area contributed by atoms with E-state index in [9.17, 15) is 14.5 Å². The van der Waals surface area contributed by atoms with Crippen LogP contribution in [-0.4, -0.2) is 12.0 Å². The van der Waals surface area contributed by atoms with Gasteiger partial charge in [-0.25, -0.2) is 4.39 Å². The van der Waals surface area contributed by atoms with Gasteiger partial charge < -0.3 is 10.1 Å². The molecule has 0 unspecified atom stereocenters. The second kappa shape index (κ2) is 6.21. The van der Waals surface area contributed by atoms with Crippen LogP contribution in [0.1, 0.15) is 11.1 Å². The van der Waals surface area contributed by atoms with Gasteiger partial charge in [-0.2, -0.15) is 0 Å². The van der Waals surface area contributed by atoms with Crippen LogP contribution in [-0.2, 0) is 6.54 Å². The van der Waals surface area contributed by atoms with Gasteiger partial charge in [-0.15, -0.1) is 0 Å². The van der Waals surface area contributed by atoms with Crippen molar-refractivity contribution < 1.29 is 14.1 Å². The number of hydrogen-bond donors (Lipinski definition) is 1. The van der Waals surface area contributed by atoms with E-state index >= 15 is 0 Å². The number of nitrogens with one attached hydrogen (secondary N) is 1. The van der Waals surface area contributed by atoms with E-state index in [1.807, 2.05) is 0 Å². The lowest BCUT2D eigenvalue weighted by Crippen LogP contribution is -2.03. The molecule has 6 heteroatoms. The Hall–Kier alpha value is -2.63. The largest absolute Gasteiger partial charge is 0.496 e. The maximum Gasteiger partial charge on any atom is 0.273 e. The molecule has 0 saturated carbocycles. The molecule has 0 aliphatic heterocycles. The van der Waals surface area contributed by atoms with E-state index in [1.54, 1.807) is 25.1 Å². The van der Waals surface area contributed by atoms with Gasteiger partial charge in [0.15, 0.2) is 0 Å². The number of nitro groups is 1. The van der Waals surface area contributed by atoms with Crippen molar-refractivity contribution in [3.05, 3.63) is 63.5 Å². The van der Waals surface area contributed by atoms with E-state index in [-0.39, 0.29) is 11.5 Å². The molecule has 0 aliphatic carbocycles. The summed E-state index contributed by atoms with van der Waals surface area (Å²) in [5.41, 5.74) is 1.81. The van der Waals surface area contributed by atoms with Gasteiger partial charge in [0.2, 0.25) is 0 Å². The van der Waals surface area contributed by atoms with Gasteiger partial charge in [0.05, 0.1) is 18.1 Å². The molecule has 0 spiro atoms. The molecule has 110 valence electrons. The number of methoxy groups -OCH3 is 1. The molecule has 0 aliphatic rings. The van der Waals surface area contributed by atoms with Crippen LogP contribution in [0.5, 0.6) is 5.75 Å². The zero-order chi connectivity index (χ0) is 15.4. The first-order valence-corrected chi connectivity index (χ1v) is 6.32. The highest BCUT2D eigenvalue weighted by Gasteiger charge is 2.10. The third kappa shape index (κ3) is 3.47. The predicted molar refractivity (Wildman–Crippen MR) is 78.1 cm³/mol. The van der Waals surface area contributed by atoms with E-state index < -0.39 is 4.92 Å². The minimum atomic E-state index is -0.473. The number of ether oxygens (including phenoxy) is 1. The first-order valence-electron chi connectivity index (χ1n) is 6.32. The van der Waals surface area contributed by atoms with E-state index in [1.165, 1.54) is 25.3 Å². The third-order valence-electron chi connectivity index (χ3n) is 3.15. The average molecular weight is 290 g/mol. The lowest BCUT2D eigenvalue weighted by atomic mass is 10.1. The second-order valence-corrected chi connectivity index (χ2v) is 4.56. The number of non-ortho nitro benzene ring substituents is 1. The molecule has 1 N–H and O–H groups in total.